The molecule has 0 unspecified atom stereocenters. The second kappa shape index (κ2) is 9.52. The molecule has 34 heavy (non-hydrogen) atoms. The minimum atomic E-state index is -3.73. The first-order chi connectivity index (χ1) is 16.3. The molecule has 0 radical (unpaired) electrons. The molecule has 0 atom stereocenters. The molecule has 0 aliphatic rings. The Morgan fingerprint density at radius 1 is 0.971 bits per heavy atom. The molecule has 9 heteroatoms. The van der Waals surface area contributed by atoms with Gasteiger partial charge in [0.1, 0.15) is 16.5 Å². The zero-order valence-electron chi connectivity index (χ0n) is 17.7. The quantitative estimate of drug-likeness (QED) is 0.302. The number of anilines is 2. The van der Waals surface area contributed by atoms with E-state index >= 15 is 0 Å². The minimum Gasteiger partial charge on any atom is -0.383 e. The monoisotopic (exact) mass is 471 g/mol. The molecule has 4 aromatic rings. The first-order valence-corrected chi connectivity index (χ1v) is 11.5. The highest BCUT2D eigenvalue weighted by molar-refractivity contribution is 7.92. The second-order valence-corrected chi connectivity index (χ2v) is 8.84. The third kappa shape index (κ3) is 5.26. The molecular weight excluding hydrogens is 453 g/mol. The molecule has 7 nitrogen and oxygen atoms in total. The molecule has 0 aliphatic carbocycles. The summed E-state index contributed by atoms with van der Waals surface area (Å²) in [5, 5.41) is 8.38. The Kier molecular flexibility index (Phi) is 6.34. The number of pyridine rings is 2. The number of nitrogens with one attached hydrogen (secondary N) is 2. The normalized spacial score (nSPS) is 10.7. The van der Waals surface area contributed by atoms with Crippen molar-refractivity contribution >= 4 is 27.2 Å². The molecule has 0 saturated heterocycles. The average molecular weight is 472 g/mol. The molecule has 0 bridgehead atoms. The molecule has 4 rings (SSSR count). The van der Waals surface area contributed by atoms with E-state index in [9.17, 15) is 12.8 Å². The van der Waals surface area contributed by atoms with Gasteiger partial charge in [-0.05, 0) is 66.7 Å². The molecule has 168 valence electrons. The zero-order valence-corrected chi connectivity index (χ0v) is 18.5. The Morgan fingerprint density at radius 3 is 2.35 bits per heavy atom. The van der Waals surface area contributed by atoms with Crippen molar-refractivity contribution in [3.8, 4) is 11.8 Å². The number of aromatic nitrogens is 2. The highest BCUT2D eigenvalue weighted by atomic mass is 32.2. The van der Waals surface area contributed by atoms with Gasteiger partial charge in [0.25, 0.3) is 10.0 Å². The van der Waals surface area contributed by atoms with Gasteiger partial charge < -0.3 is 5.73 Å². The lowest BCUT2D eigenvalue weighted by Crippen LogP contribution is -2.12. The molecule has 0 spiro atoms. The molecule has 2 aromatic heterocycles. The third-order valence-electron chi connectivity index (χ3n) is 4.75. The van der Waals surface area contributed by atoms with E-state index in [1.165, 1.54) is 48.9 Å². The van der Waals surface area contributed by atoms with E-state index in [-0.39, 0.29) is 16.4 Å². The van der Waals surface area contributed by atoms with Crippen LogP contribution in [0.3, 0.4) is 0 Å². The van der Waals surface area contributed by atoms with Gasteiger partial charge in [-0.25, -0.2) is 17.8 Å². The van der Waals surface area contributed by atoms with Gasteiger partial charge in [0.2, 0.25) is 0 Å². The molecule has 0 aliphatic heterocycles. The van der Waals surface area contributed by atoms with Crippen LogP contribution in [0.5, 0.6) is 0 Å². The summed E-state index contributed by atoms with van der Waals surface area (Å²) in [5.74, 6) is 5.72. The van der Waals surface area contributed by atoms with Crippen LogP contribution in [0.2, 0.25) is 0 Å². The van der Waals surface area contributed by atoms with Crippen molar-refractivity contribution in [3.05, 3.63) is 113 Å². The van der Waals surface area contributed by atoms with Crippen molar-refractivity contribution in [2.75, 3.05) is 10.5 Å². The van der Waals surface area contributed by atoms with Gasteiger partial charge in [-0.1, -0.05) is 11.8 Å². The summed E-state index contributed by atoms with van der Waals surface area (Å²) < 4.78 is 40.5. The van der Waals surface area contributed by atoms with Crippen LogP contribution in [0.15, 0.2) is 90.2 Å². The molecule has 0 fully saturated rings. The Bertz CT molecular complexity index is 1510. The first kappa shape index (κ1) is 22.6. The number of nitrogens with two attached hydrogens (primary N) is 1. The fraction of sp³-hybridized carbons (Fsp3) is 0. The fourth-order valence-corrected chi connectivity index (χ4v) is 4.02. The number of halogens is 1. The van der Waals surface area contributed by atoms with E-state index in [1.54, 1.807) is 36.4 Å². The van der Waals surface area contributed by atoms with Crippen LogP contribution < -0.4 is 10.5 Å². The van der Waals surface area contributed by atoms with E-state index in [2.05, 4.69) is 26.5 Å². The molecule has 0 saturated carbocycles. The summed E-state index contributed by atoms with van der Waals surface area (Å²) in [5.41, 5.74) is 8.52. The van der Waals surface area contributed by atoms with Gasteiger partial charge in [0, 0.05) is 46.5 Å². The van der Waals surface area contributed by atoms with Crippen molar-refractivity contribution in [2.24, 2.45) is 0 Å². The van der Waals surface area contributed by atoms with Crippen LogP contribution in [0, 0.1) is 23.1 Å². The van der Waals surface area contributed by atoms with Crippen molar-refractivity contribution in [3.63, 3.8) is 0 Å². The zero-order chi connectivity index (χ0) is 24.1. The van der Waals surface area contributed by atoms with Crippen molar-refractivity contribution in [1.82, 2.24) is 9.97 Å². The maximum atomic E-state index is 13.2. The lowest BCUT2D eigenvalue weighted by molar-refractivity contribution is 0.601. The van der Waals surface area contributed by atoms with Crippen LogP contribution in [0.1, 0.15) is 22.3 Å². The van der Waals surface area contributed by atoms with Gasteiger partial charge >= 0.3 is 0 Å². The van der Waals surface area contributed by atoms with Gasteiger partial charge in [-0.15, -0.1) is 0 Å². The Labute approximate surface area is 196 Å². The standard InChI is InChI=1S/C25H18FN5O2S/c26-20-9-7-19(8-10-20)24(27)23-14-18(15-30-25(23)28)4-3-17-5-11-21(12-6-17)31-34(32,33)22-2-1-13-29-16-22/h1-2,5-16,27,31H,(H2,28,30). The number of hydrogen-bond acceptors (Lipinski definition) is 6. The second-order valence-electron chi connectivity index (χ2n) is 7.16. The van der Waals surface area contributed by atoms with Gasteiger partial charge in [0.15, 0.2) is 0 Å². The van der Waals surface area contributed by atoms with Crippen molar-refractivity contribution in [2.45, 2.75) is 4.90 Å². The summed E-state index contributed by atoms with van der Waals surface area (Å²) in [6.45, 7) is 0. The third-order valence-corrected chi connectivity index (χ3v) is 6.12. The predicted molar refractivity (Wildman–Crippen MR) is 128 cm³/mol. The number of rotatable bonds is 5. The van der Waals surface area contributed by atoms with E-state index < -0.39 is 15.8 Å². The van der Waals surface area contributed by atoms with Crippen molar-refractivity contribution in [1.29, 1.82) is 5.41 Å². The van der Waals surface area contributed by atoms with Crippen LogP contribution >= 0.6 is 0 Å². The van der Waals surface area contributed by atoms with E-state index in [1.807, 2.05) is 0 Å². The number of benzene rings is 2. The van der Waals surface area contributed by atoms with E-state index in [4.69, 9.17) is 11.1 Å². The number of nitrogens with zero attached hydrogens (tertiary/aromatic N) is 2. The minimum absolute atomic E-state index is 0.0664. The Morgan fingerprint density at radius 2 is 1.68 bits per heavy atom. The Hall–Kier alpha value is -4.55. The van der Waals surface area contributed by atoms with Crippen molar-refractivity contribution < 1.29 is 12.8 Å². The maximum absolute atomic E-state index is 13.2. The van der Waals surface area contributed by atoms with Crippen LogP contribution in [0.25, 0.3) is 0 Å². The number of nitrogen functional groups attached to an aromatic ring is 1. The predicted octanol–water partition coefficient (Wildman–Crippen LogP) is 3.81. The van der Waals surface area contributed by atoms with Gasteiger partial charge in [-0.3, -0.25) is 15.1 Å². The summed E-state index contributed by atoms with van der Waals surface area (Å²) in [7, 11) is -3.73. The molecule has 2 heterocycles. The fourth-order valence-electron chi connectivity index (χ4n) is 3.00. The Balaban J connectivity index is 1.51. The van der Waals surface area contributed by atoms with E-state index in [0.717, 1.165) is 0 Å². The lowest BCUT2D eigenvalue weighted by atomic mass is 10.0. The molecular formula is C25H18FN5O2S. The maximum Gasteiger partial charge on any atom is 0.263 e. The molecule has 2 aromatic carbocycles. The van der Waals surface area contributed by atoms with Crippen LogP contribution in [-0.2, 0) is 10.0 Å². The summed E-state index contributed by atoms with van der Waals surface area (Å²) in [4.78, 5) is 8.01. The highest BCUT2D eigenvalue weighted by Crippen LogP contribution is 2.18. The van der Waals surface area contributed by atoms with E-state index in [0.29, 0.717) is 27.9 Å². The summed E-state index contributed by atoms with van der Waals surface area (Å²) >= 11 is 0. The van der Waals surface area contributed by atoms with Gasteiger partial charge in [0.05, 0.1) is 5.71 Å². The van der Waals surface area contributed by atoms with Crippen LogP contribution in [-0.4, -0.2) is 24.1 Å². The summed E-state index contributed by atoms with van der Waals surface area (Å²) in [6, 6.07) is 16.8. The topological polar surface area (TPSA) is 122 Å². The van der Waals surface area contributed by atoms with Gasteiger partial charge in [-0.2, -0.15) is 0 Å². The average Bonchev–Trinajstić information content (AvgIpc) is 2.85. The number of hydrogen-bond donors (Lipinski definition) is 3. The molecule has 0 amide bonds. The molecule has 4 N–H and O–H groups in total. The smallest absolute Gasteiger partial charge is 0.263 e. The van der Waals surface area contributed by atoms with Crippen LogP contribution in [0.4, 0.5) is 15.9 Å². The SMILES string of the molecule is N=C(c1ccc(F)cc1)c1cc(C#Cc2ccc(NS(=O)(=O)c3cccnc3)cc2)cnc1N. The summed E-state index contributed by atoms with van der Waals surface area (Å²) in [6.07, 6.45) is 4.27. The first-order valence-electron chi connectivity index (χ1n) is 9.97. The largest absolute Gasteiger partial charge is 0.383 e. The highest BCUT2D eigenvalue weighted by Gasteiger charge is 2.14. The number of sulfonamides is 1. The lowest BCUT2D eigenvalue weighted by Gasteiger charge is -2.08.